The predicted molar refractivity (Wildman–Crippen MR) is 95.2 cm³/mol. The van der Waals surface area contributed by atoms with Crippen molar-refractivity contribution in [1.82, 2.24) is 9.97 Å². The molecule has 1 aromatic rings. The van der Waals surface area contributed by atoms with E-state index in [0.717, 1.165) is 5.69 Å². The van der Waals surface area contributed by atoms with Crippen molar-refractivity contribution in [1.29, 1.82) is 0 Å². The highest BCUT2D eigenvalue weighted by atomic mass is 19.4. The van der Waals surface area contributed by atoms with Crippen LogP contribution in [-0.2, 0) is 4.79 Å². The molecule has 1 saturated heterocycles. The van der Waals surface area contributed by atoms with Gasteiger partial charge in [0.05, 0.1) is 23.9 Å². The molecule has 2 aliphatic rings. The number of nitrogens with zero attached hydrogens (tertiary/aromatic N) is 4. The van der Waals surface area contributed by atoms with Crippen molar-refractivity contribution in [3.05, 3.63) is 29.4 Å². The van der Waals surface area contributed by atoms with Gasteiger partial charge in [0.1, 0.15) is 11.7 Å². The van der Waals surface area contributed by atoms with Crippen LogP contribution >= 0.6 is 0 Å². The normalized spacial score (nSPS) is 26.2. The molecule has 1 aromatic heterocycles. The molecule has 0 aromatic carbocycles. The fourth-order valence-corrected chi connectivity index (χ4v) is 3.60. The van der Waals surface area contributed by atoms with Gasteiger partial charge in [-0.3, -0.25) is 9.78 Å². The molecule has 0 aliphatic carbocycles. The molecule has 0 spiro atoms. The van der Waals surface area contributed by atoms with Crippen molar-refractivity contribution in [2.75, 3.05) is 18.0 Å². The second kappa shape index (κ2) is 7.04. The number of anilines is 1. The maximum atomic E-state index is 13.5. The summed E-state index contributed by atoms with van der Waals surface area (Å²) in [6, 6.07) is 0. The van der Waals surface area contributed by atoms with Gasteiger partial charge in [-0.1, -0.05) is 0 Å². The molecular weight excluding hydrogens is 377 g/mol. The van der Waals surface area contributed by atoms with E-state index < -0.39 is 41.4 Å². The van der Waals surface area contributed by atoms with Crippen LogP contribution < -0.4 is 16.4 Å². The molecule has 0 saturated carbocycles. The lowest BCUT2D eigenvalue weighted by Crippen LogP contribution is -2.55. The minimum Gasteiger partial charge on any atom is -0.401 e. The summed E-state index contributed by atoms with van der Waals surface area (Å²) < 4.78 is 40.6. The summed E-state index contributed by atoms with van der Waals surface area (Å²) in [7, 11) is 0. The van der Waals surface area contributed by atoms with Crippen molar-refractivity contribution in [3.8, 4) is 0 Å². The molecule has 28 heavy (non-hydrogen) atoms. The zero-order valence-electron chi connectivity index (χ0n) is 15.2. The topological polar surface area (TPSA) is 131 Å². The molecule has 1 unspecified atom stereocenters. The molecule has 2 aliphatic heterocycles. The highest BCUT2D eigenvalue weighted by molar-refractivity contribution is 6.09. The van der Waals surface area contributed by atoms with Crippen LogP contribution in [0.25, 0.3) is 0 Å². The van der Waals surface area contributed by atoms with E-state index in [1.807, 2.05) is 11.8 Å². The number of carbonyl (C=O) groups excluding carboxylic acids is 1. The summed E-state index contributed by atoms with van der Waals surface area (Å²) in [5.74, 6) is -1.58. The first-order chi connectivity index (χ1) is 13.0. The Hall–Kier alpha value is -2.69. The van der Waals surface area contributed by atoms with Crippen molar-refractivity contribution < 1.29 is 23.1 Å². The number of aliphatic imine (C=N–C) groups is 1. The van der Waals surface area contributed by atoms with Gasteiger partial charge in [-0.05, 0) is 19.8 Å². The van der Waals surface area contributed by atoms with Crippen LogP contribution in [0.5, 0.6) is 0 Å². The van der Waals surface area contributed by atoms with Gasteiger partial charge in [0.15, 0.2) is 5.60 Å². The van der Waals surface area contributed by atoms with E-state index in [1.54, 1.807) is 12.4 Å². The average molecular weight is 398 g/mol. The van der Waals surface area contributed by atoms with E-state index in [1.165, 1.54) is 0 Å². The number of piperidine rings is 1. The van der Waals surface area contributed by atoms with Crippen LogP contribution in [0.3, 0.4) is 0 Å². The second-order valence-electron chi connectivity index (χ2n) is 7.04. The van der Waals surface area contributed by atoms with E-state index >= 15 is 0 Å². The Labute approximate surface area is 159 Å². The fourth-order valence-electron chi connectivity index (χ4n) is 3.60. The largest absolute Gasteiger partial charge is 0.422 e. The van der Waals surface area contributed by atoms with Crippen molar-refractivity contribution in [2.24, 2.45) is 22.4 Å². The standard InChI is InChI=1S/C17H21F3N6O2/c1-9-7-23-8-11(24-9)26-4-2-10(3-5-26)14(21)13-15(22)25-12(27)6-16(13,28)17(18,19)20/h7-8,10,28H,2-6,21H2,1H3,(H2,22,25,27). The highest BCUT2D eigenvalue weighted by Crippen LogP contribution is 2.43. The maximum Gasteiger partial charge on any atom is 0.422 e. The number of aromatic nitrogens is 2. The molecule has 11 heteroatoms. The van der Waals surface area contributed by atoms with Crippen LogP contribution in [0.2, 0.25) is 0 Å². The van der Waals surface area contributed by atoms with Gasteiger partial charge in [0, 0.05) is 30.9 Å². The predicted octanol–water partition coefficient (Wildman–Crippen LogP) is 0.795. The van der Waals surface area contributed by atoms with Gasteiger partial charge in [-0.15, -0.1) is 0 Å². The highest BCUT2D eigenvalue weighted by Gasteiger charge is 2.60. The Balaban J connectivity index is 1.87. The molecule has 3 heterocycles. The van der Waals surface area contributed by atoms with Gasteiger partial charge in [-0.25, -0.2) is 4.98 Å². The van der Waals surface area contributed by atoms with Crippen molar-refractivity contribution in [2.45, 2.75) is 38.0 Å². The minimum atomic E-state index is -5.11. The van der Waals surface area contributed by atoms with Crippen molar-refractivity contribution >= 4 is 17.6 Å². The summed E-state index contributed by atoms with van der Waals surface area (Å²) in [5, 5.41) is 10.3. The van der Waals surface area contributed by atoms with Crippen LogP contribution in [-0.4, -0.2) is 51.7 Å². The first-order valence-electron chi connectivity index (χ1n) is 8.73. The Morgan fingerprint density at radius 3 is 2.54 bits per heavy atom. The summed E-state index contributed by atoms with van der Waals surface area (Å²) in [6.07, 6.45) is -2.23. The number of alkyl halides is 3. The maximum absolute atomic E-state index is 13.5. The number of rotatable bonds is 2. The van der Waals surface area contributed by atoms with Gasteiger partial charge in [0.2, 0.25) is 0 Å². The average Bonchev–Trinajstić information content (AvgIpc) is 2.60. The molecule has 1 amide bonds. The van der Waals surface area contributed by atoms with E-state index in [4.69, 9.17) is 11.5 Å². The van der Waals surface area contributed by atoms with E-state index in [2.05, 4.69) is 15.0 Å². The van der Waals surface area contributed by atoms with Gasteiger partial charge in [-0.2, -0.15) is 18.2 Å². The smallest absolute Gasteiger partial charge is 0.401 e. The van der Waals surface area contributed by atoms with Crippen LogP contribution in [0.1, 0.15) is 25.0 Å². The summed E-state index contributed by atoms with van der Waals surface area (Å²) in [4.78, 5) is 25.3. The third-order valence-corrected chi connectivity index (χ3v) is 5.08. The zero-order valence-corrected chi connectivity index (χ0v) is 15.2. The third kappa shape index (κ3) is 3.53. The number of amides is 1. The molecule has 0 radical (unpaired) electrons. The number of hydrogen-bond donors (Lipinski definition) is 3. The quantitative estimate of drug-likeness (QED) is 0.671. The van der Waals surface area contributed by atoms with Crippen LogP contribution in [0.4, 0.5) is 19.0 Å². The first kappa shape index (κ1) is 20.1. The Bertz CT molecular complexity index is 846. The molecule has 1 atom stereocenters. The van der Waals surface area contributed by atoms with Gasteiger partial charge >= 0.3 is 6.18 Å². The number of hydrogen-bond acceptors (Lipinski definition) is 7. The molecule has 1 fully saturated rings. The first-order valence-corrected chi connectivity index (χ1v) is 8.73. The number of aliphatic hydroxyl groups is 1. The number of aryl methyl sites for hydroxylation is 1. The lowest BCUT2D eigenvalue weighted by atomic mass is 9.80. The van der Waals surface area contributed by atoms with E-state index in [9.17, 15) is 23.1 Å². The van der Waals surface area contributed by atoms with Crippen LogP contribution in [0, 0.1) is 12.8 Å². The minimum absolute atomic E-state index is 0.177. The lowest BCUT2D eigenvalue weighted by molar-refractivity contribution is -0.244. The van der Waals surface area contributed by atoms with Crippen molar-refractivity contribution in [3.63, 3.8) is 0 Å². The summed E-state index contributed by atoms with van der Waals surface area (Å²) in [6.45, 7) is 2.81. The van der Waals surface area contributed by atoms with Gasteiger partial charge < -0.3 is 21.5 Å². The number of allylic oxidation sites excluding steroid dienone is 1. The Kier molecular flexibility index (Phi) is 5.04. The number of halogens is 3. The summed E-state index contributed by atoms with van der Waals surface area (Å²) in [5.41, 5.74) is 8.08. The number of nitrogens with two attached hydrogens (primary N) is 2. The number of amidine groups is 1. The SMILES string of the molecule is Cc1cncc(N2CCC(C(N)=C3C(N)=NC(=O)CC3(O)C(F)(F)F)CC2)n1. The third-order valence-electron chi connectivity index (χ3n) is 5.08. The van der Waals surface area contributed by atoms with E-state index in [0.29, 0.717) is 31.7 Å². The van der Waals surface area contributed by atoms with E-state index in [-0.39, 0.29) is 5.70 Å². The molecule has 0 bridgehead atoms. The van der Waals surface area contributed by atoms with Crippen LogP contribution in [0.15, 0.2) is 28.7 Å². The lowest BCUT2D eigenvalue weighted by Gasteiger charge is -2.38. The molecule has 8 nitrogen and oxygen atoms in total. The Morgan fingerprint density at radius 2 is 1.96 bits per heavy atom. The number of carbonyl (C=O) groups is 1. The second-order valence-corrected chi connectivity index (χ2v) is 7.04. The Morgan fingerprint density at radius 1 is 1.32 bits per heavy atom. The summed E-state index contributed by atoms with van der Waals surface area (Å²) >= 11 is 0. The molecule has 5 N–H and O–H groups in total. The molecule has 152 valence electrons. The zero-order chi connectivity index (χ0) is 20.7. The molecular formula is C17H21F3N6O2. The van der Waals surface area contributed by atoms with Gasteiger partial charge in [0.25, 0.3) is 5.91 Å². The molecule has 3 rings (SSSR count). The monoisotopic (exact) mass is 398 g/mol. The fraction of sp³-hybridized carbons (Fsp3) is 0.529.